The fourth-order valence-corrected chi connectivity index (χ4v) is 4.71. The fourth-order valence-electron chi connectivity index (χ4n) is 3.48. The maximum atomic E-state index is 13.1. The third kappa shape index (κ3) is 3.88. The molecule has 5 heteroatoms. The quantitative estimate of drug-likeness (QED) is 0.468. The van der Waals surface area contributed by atoms with Crippen LogP contribution in [0.2, 0.25) is 0 Å². The van der Waals surface area contributed by atoms with E-state index in [-0.39, 0.29) is 11.4 Å². The Hall–Kier alpha value is -3.15. The molecule has 4 aromatic rings. The van der Waals surface area contributed by atoms with E-state index < -0.39 is 10.0 Å². The van der Waals surface area contributed by atoms with Crippen molar-refractivity contribution in [3.63, 3.8) is 0 Å². The molecule has 4 nitrogen and oxygen atoms in total. The van der Waals surface area contributed by atoms with Crippen molar-refractivity contribution in [2.24, 2.45) is 0 Å². The van der Waals surface area contributed by atoms with Crippen LogP contribution in [0.15, 0.2) is 89.8 Å². The highest BCUT2D eigenvalue weighted by Crippen LogP contribution is 2.28. The second-order valence-corrected chi connectivity index (χ2v) is 8.78. The van der Waals surface area contributed by atoms with Crippen LogP contribution in [-0.4, -0.2) is 8.42 Å². The molecule has 146 valence electrons. The summed E-state index contributed by atoms with van der Waals surface area (Å²) in [5, 5.41) is 1.35. The highest BCUT2D eigenvalue weighted by molar-refractivity contribution is 7.89. The highest BCUT2D eigenvalue weighted by atomic mass is 32.2. The second-order valence-electron chi connectivity index (χ2n) is 7.05. The van der Waals surface area contributed by atoms with Gasteiger partial charge in [-0.15, -0.1) is 0 Å². The molecule has 0 aliphatic rings. The monoisotopic (exact) mass is 402 g/mol. The molecule has 0 aliphatic heterocycles. The molecule has 0 bridgehead atoms. The SMILES string of the molecule is Cc1ccc(-c2ccccc2CNS(=O)(=O)c2cccc3c(N)cccc23)cc1. The Morgan fingerprint density at radius 2 is 1.48 bits per heavy atom. The van der Waals surface area contributed by atoms with E-state index in [1.807, 2.05) is 37.3 Å². The van der Waals surface area contributed by atoms with E-state index in [4.69, 9.17) is 5.73 Å². The van der Waals surface area contributed by atoms with E-state index in [2.05, 4.69) is 29.0 Å². The predicted molar refractivity (Wildman–Crippen MR) is 119 cm³/mol. The van der Waals surface area contributed by atoms with Gasteiger partial charge in [0.05, 0.1) is 4.90 Å². The first-order valence-electron chi connectivity index (χ1n) is 9.37. The standard InChI is InChI=1S/C24H22N2O2S/c1-17-12-14-18(15-13-17)20-7-3-2-6-19(20)16-26-29(27,28)24-11-5-8-21-22(24)9-4-10-23(21)25/h2-15,26H,16,25H2,1H3. The van der Waals surface area contributed by atoms with Crippen LogP contribution in [0.5, 0.6) is 0 Å². The van der Waals surface area contributed by atoms with E-state index in [1.54, 1.807) is 30.3 Å². The summed E-state index contributed by atoms with van der Waals surface area (Å²) in [7, 11) is -3.71. The second kappa shape index (κ2) is 7.70. The average Bonchev–Trinajstić information content (AvgIpc) is 2.73. The van der Waals surface area contributed by atoms with Crippen molar-refractivity contribution in [2.45, 2.75) is 18.4 Å². The number of aryl methyl sites for hydroxylation is 1. The molecule has 0 unspecified atom stereocenters. The lowest BCUT2D eigenvalue weighted by Gasteiger charge is -2.13. The van der Waals surface area contributed by atoms with Crippen molar-refractivity contribution in [2.75, 3.05) is 5.73 Å². The zero-order valence-corrected chi connectivity index (χ0v) is 16.9. The zero-order chi connectivity index (χ0) is 20.4. The maximum Gasteiger partial charge on any atom is 0.241 e. The van der Waals surface area contributed by atoms with E-state index in [0.717, 1.165) is 22.1 Å². The van der Waals surface area contributed by atoms with Gasteiger partial charge in [-0.25, -0.2) is 13.1 Å². The molecule has 0 saturated carbocycles. The van der Waals surface area contributed by atoms with E-state index in [0.29, 0.717) is 11.1 Å². The molecule has 0 heterocycles. The van der Waals surface area contributed by atoms with E-state index >= 15 is 0 Å². The van der Waals surface area contributed by atoms with Gasteiger partial charge in [-0.2, -0.15) is 0 Å². The minimum atomic E-state index is -3.71. The molecular weight excluding hydrogens is 380 g/mol. The molecule has 0 atom stereocenters. The summed E-state index contributed by atoms with van der Waals surface area (Å²) in [6.07, 6.45) is 0. The number of benzene rings is 4. The molecule has 0 saturated heterocycles. The molecule has 4 rings (SSSR count). The molecule has 29 heavy (non-hydrogen) atoms. The number of hydrogen-bond donors (Lipinski definition) is 2. The lowest BCUT2D eigenvalue weighted by atomic mass is 9.99. The molecule has 0 fully saturated rings. The van der Waals surface area contributed by atoms with Crippen molar-refractivity contribution in [3.8, 4) is 11.1 Å². The Morgan fingerprint density at radius 3 is 2.28 bits per heavy atom. The Labute approximate surface area is 171 Å². The Balaban J connectivity index is 1.67. The van der Waals surface area contributed by atoms with Crippen LogP contribution in [0.1, 0.15) is 11.1 Å². The summed E-state index contributed by atoms with van der Waals surface area (Å²) in [5.74, 6) is 0. The largest absolute Gasteiger partial charge is 0.398 e. The summed E-state index contributed by atoms with van der Waals surface area (Å²) in [5.41, 5.74) is 10.7. The molecule has 3 N–H and O–H groups in total. The van der Waals surface area contributed by atoms with Gasteiger partial charge in [-0.1, -0.05) is 78.4 Å². The molecule has 0 radical (unpaired) electrons. The van der Waals surface area contributed by atoms with Crippen molar-refractivity contribution >= 4 is 26.5 Å². The van der Waals surface area contributed by atoms with Gasteiger partial charge < -0.3 is 5.73 Å². The highest BCUT2D eigenvalue weighted by Gasteiger charge is 2.18. The Morgan fingerprint density at radius 1 is 0.793 bits per heavy atom. The minimum Gasteiger partial charge on any atom is -0.398 e. The lowest BCUT2D eigenvalue weighted by Crippen LogP contribution is -2.23. The van der Waals surface area contributed by atoms with Gasteiger partial charge in [0.1, 0.15) is 0 Å². The van der Waals surface area contributed by atoms with E-state index in [1.165, 1.54) is 5.56 Å². The van der Waals surface area contributed by atoms with E-state index in [9.17, 15) is 8.42 Å². The summed E-state index contributed by atoms with van der Waals surface area (Å²) >= 11 is 0. The van der Waals surface area contributed by atoms with Crippen LogP contribution < -0.4 is 10.5 Å². The molecular formula is C24H22N2O2S. The van der Waals surface area contributed by atoms with Gasteiger partial charge in [-0.05, 0) is 35.7 Å². The van der Waals surface area contributed by atoms with Crippen LogP contribution in [0, 0.1) is 6.92 Å². The van der Waals surface area contributed by atoms with Gasteiger partial charge in [0.2, 0.25) is 10.0 Å². The topological polar surface area (TPSA) is 72.2 Å². The molecule has 0 aliphatic carbocycles. The first kappa shape index (κ1) is 19.2. The number of fused-ring (bicyclic) bond motifs is 1. The molecule has 0 spiro atoms. The third-order valence-electron chi connectivity index (χ3n) is 5.04. The summed E-state index contributed by atoms with van der Waals surface area (Å²) in [4.78, 5) is 0.232. The fraction of sp³-hybridized carbons (Fsp3) is 0.0833. The van der Waals surface area contributed by atoms with Gasteiger partial charge >= 0.3 is 0 Å². The van der Waals surface area contributed by atoms with Crippen molar-refractivity contribution in [1.29, 1.82) is 0 Å². The molecule has 0 amide bonds. The average molecular weight is 403 g/mol. The normalized spacial score (nSPS) is 11.6. The van der Waals surface area contributed by atoms with Crippen molar-refractivity contribution in [1.82, 2.24) is 4.72 Å². The van der Waals surface area contributed by atoms with Crippen LogP contribution in [0.25, 0.3) is 21.9 Å². The third-order valence-corrected chi connectivity index (χ3v) is 6.50. The van der Waals surface area contributed by atoms with Crippen molar-refractivity contribution < 1.29 is 8.42 Å². The summed E-state index contributed by atoms with van der Waals surface area (Å²) in [6, 6.07) is 26.5. The first-order valence-corrected chi connectivity index (χ1v) is 10.9. The van der Waals surface area contributed by atoms with Crippen LogP contribution in [0.3, 0.4) is 0 Å². The number of nitrogens with one attached hydrogen (secondary N) is 1. The number of anilines is 1. The summed E-state index contributed by atoms with van der Waals surface area (Å²) < 4.78 is 28.9. The lowest BCUT2D eigenvalue weighted by molar-refractivity contribution is 0.582. The predicted octanol–water partition coefficient (Wildman–Crippen LogP) is 4.88. The zero-order valence-electron chi connectivity index (χ0n) is 16.1. The number of nitrogens with two attached hydrogens (primary N) is 1. The molecule has 4 aromatic carbocycles. The van der Waals surface area contributed by atoms with Crippen LogP contribution in [-0.2, 0) is 16.6 Å². The maximum absolute atomic E-state index is 13.1. The summed E-state index contributed by atoms with van der Waals surface area (Å²) in [6.45, 7) is 2.24. The minimum absolute atomic E-state index is 0.199. The van der Waals surface area contributed by atoms with Gasteiger partial charge in [0.25, 0.3) is 0 Å². The van der Waals surface area contributed by atoms with Crippen LogP contribution in [0.4, 0.5) is 5.69 Å². The van der Waals surface area contributed by atoms with Gasteiger partial charge in [-0.3, -0.25) is 0 Å². The Kier molecular flexibility index (Phi) is 5.09. The Bertz CT molecular complexity index is 1280. The van der Waals surface area contributed by atoms with Crippen LogP contribution >= 0.6 is 0 Å². The van der Waals surface area contributed by atoms with Gasteiger partial charge in [0, 0.05) is 23.0 Å². The number of hydrogen-bond acceptors (Lipinski definition) is 3. The number of nitrogen functional groups attached to an aromatic ring is 1. The number of sulfonamides is 1. The smallest absolute Gasteiger partial charge is 0.241 e. The van der Waals surface area contributed by atoms with Crippen molar-refractivity contribution in [3.05, 3.63) is 96.1 Å². The van der Waals surface area contributed by atoms with Gasteiger partial charge in [0.15, 0.2) is 0 Å². The molecule has 0 aromatic heterocycles. The first-order chi connectivity index (χ1) is 14.0. The number of rotatable bonds is 5.